The Kier molecular flexibility index (Phi) is 5.33. The minimum atomic E-state index is -2.79. The number of nitrogens with two attached hydrogens (primary N) is 1. The van der Waals surface area contributed by atoms with Gasteiger partial charge in [0.2, 0.25) is 0 Å². The fraction of sp³-hybridized carbons (Fsp3) is 0.333. The van der Waals surface area contributed by atoms with Crippen LogP contribution in [0.1, 0.15) is 26.3 Å². The molecule has 1 aliphatic heterocycles. The molecule has 8 nitrogen and oxygen atoms in total. The van der Waals surface area contributed by atoms with Crippen LogP contribution in [0, 0.1) is 5.82 Å². The van der Waals surface area contributed by atoms with E-state index < -0.39 is 25.8 Å². The Labute approximate surface area is 190 Å². The smallest absolute Gasteiger partial charge is 0.155 e. The first-order valence-electron chi connectivity index (χ1n) is 9.82. The van der Waals surface area contributed by atoms with E-state index in [0.717, 1.165) is 0 Å². The molecule has 168 valence electrons. The predicted molar refractivity (Wildman–Crippen MR) is 124 cm³/mol. The number of pyridine rings is 1. The third kappa shape index (κ3) is 3.57. The molecule has 1 aromatic carbocycles. The van der Waals surface area contributed by atoms with Gasteiger partial charge in [-0.3, -0.25) is 4.99 Å². The first-order valence-corrected chi connectivity index (χ1v) is 11.9. The van der Waals surface area contributed by atoms with Gasteiger partial charge >= 0.3 is 0 Å². The molecule has 0 bridgehead atoms. The molecule has 0 saturated heterocycles. The van der Waals surface area contributed by atoms with Gasteiger partial charge in [0.15, 0.2) is 5.82 Å². The van der Waals surface area contributed by atoms with Gasteiger partial charge in [0.25, 0.3) is 0 Å². The SMILES string of the molecule is CN=[S@@]1(=O)C[C@@](C)(c2cc(-c3cn(-c4ccc(Cl)cn4)nn3)ccc2F)N=C(N)C1(C)C. The maximum atomic E-state index is 15.0. The van der Waals surface area contributed by atoms with E-state index in [1.165, 1.54) is 24.0 Å². The lowest BCUT2D eigenvalue weighted by Gasteiger charge is -2.40. The van der Waals surface area contributed by atoms with Crippen LogP contribution in [0.25, 0.3) is 17.1 Å². The van der Waals surface area contributed by atoms with Crippen molar-refractivity contribution in [3.05, 3.63) is 59.1 Å². The van der Waals surface area contributed by atoms with Gasteiger partial charge in [-0.05, 0) is 51.1 Å². The Morgan fingerprint density at radius 1 is 1.25 bits per heavy atom. The van der Waals surface area contributed by atoms with Crippen molar-refractivity contribution in [2.24, 2.45) is 15.1 Å². The van der Waals surface area contributed by atoms with E-state index in [1.54, 1.807) is 51.2 Å². The molecule has 0 aliphatic carbocycles. The molecule has 32 heavy (non-hydrogen) atoms. The van der Waals surface area contributed by atoms with Crippen molar-refractivity contribution in [2.45, 2.75) is 31.1 Å². The minimum absolute atomic E-state index is 0.0476. The highest BCUT2D eigenvalue weighted by Crippen LogP contribution is 2.39. The summed E-state index contributed by atoms with van der Waals surface area (Å²) in [6.07, 6.45) is 3.19. The second kappa shape index (κ2) is 7.63. The van der Waals surface area contributed by atoms with E-state index in [9.17, 15) is 4.21 Å². The average molecular weight is 476 g/mol. The topological polar surface area (TPSA) is 111 Å². The number of aromatic nitrogens is 4. The number of benzene rings is 1. The highest BCUT2D eigenvalue weighted by atomic mass is 35.5. The van der Waals surface area contributed by atoms with Crippen molar-refractivity contribution in [2.75, 3.05) is 12.8 Å². The Hall–Kier alpha value is -2.85. The molecule has 0 fully saturated rings. The van der Waals surface area contributed by atoms with Crippen molar-refractivity contribution in [3.63, 3.8) is 0 Å². The standard InChI is InChI=1S/C21H23ClFN7OS/c1-20(2)19(24)27-21(3,12-32(20,31)25-4)15-9-13(5-7-16(15)23)17-11-30(29-28-17)18-8-6-14(22)10-26-18/h5-11H,12H2,1-4H3,(H2,24,27)/t21-,32+/m0/s1. The highest BCUT2D eigenvalue weighted by Gasteiger charge is 2.47. The fourth-order valence-corrected chi connectivity index (χ4v) is 6.11. The Balaban J connectivity index is 1.78. The van der Waals surface area contributed by atoms with E-state index in [0.29, 0.717) is 22.1 Å². The number of rotatable bonds is 3. The molecule has 0 unspecified atom stereocenters. The van der Waals surface area contributed by atoms with Crippen LogP contribution < -0.4 is 5.73 Å². The summed E-state index contributed by atoms with van der Waals surface area (Å²) in [7, 11) is -1.29. The lowest BCUT2D eigenvalue weighted by Crippen LogP contribution is -2.54. The summed E-state index contributed by atoms with van der Waals surface area (Å²) >= 11 is 5.89. The zero-order valence-corrected chi connectivity index (χ0v) is 19.7. The van der Waals surface area contributed by atoms with Gasteiger partial charge in [0.05, 0.1) is 26.7 Å². The Morgan fingerprint density at radius 2 is 2.00 bits per heavy atom. The van der Waals surface area contributed by atoms with E-state index in [-0.39, 0.29) is 17.2 Å². The number of nitrogens with zero attached hydrogens (tertiary/aromatic N) is 6. The summed E-state index contributed by atoms with van der Waals surface area (Å²) in [6.45, 7) is 5.21. The molecule has 2 aromatic heterocycles. The molecule has 2 N–H and O–H groups in total. The maximum Gasteiger partial charge on any atom is 0.155 e. The van der Waals surface area contributed by atoms with Crippen molar-refractivity contribution >= 4 is 27.2 Å². The molecule has 11 heteroatoms. The van der Waals surface area contributed by atoms with Crippen LogP contribution in [-0.2, 0) is 15.3 Å². The summed E-state index contributed by atoms with van der Waals surface area (Å²) in [5.74, 6) is 0.300. The molecule has 0 spiro atoms. The van der Waals surface area contributed by atoms with Crippen LogP contribution in [0.4, 0.5) is 4.39 Å². The van der Waals surface area contributed by atoms with Crippen LogP contribution in [-0.4, -0.2) is 47.6 Å². The maximum absolute atomic E-state index is 15.0. The monoisotopic (exact) mass is 475 g/mol. The van der Waals surface area contributed by atoms with E-state index >= 15 is 4.39 Å². The summed E-state index contributed by atoms with van der Waals surface area (Å²) in [5.41, 5.74) is 6.46. The zero-order valence-electron chi connectivity index (χ0n) is 18.1. The first kappa shape index (κ1) is 22.3. The second-order valence-electron chi connectivity index (χ2n) is 8.33. The zero-order chi connectivity index (χ0) is 23.3. The molecule has 3 heterocycles. The normalized spacial score (nSPS) is 24.8. The lowest BCUT2D eigenvalue weighted by molar-refractivity contribution is 0.491. The Morgan fingerprint density at radius 3 is 2.66 bits per heavy atom. The van der Waals surface area contributed by atoms with Gasteiger partial charge in [-0.25, -0.2) is 22.6 Å². The number of amidine groups is 1. The van der Waals surface area contributed by atoms with Gasteiger partial charge in [0.1, 0.15) is 27.6 Å². The van der Waals surface area contributed by atoms with Crippen LogP contribution in [0.5, 0.6) is 0 Å². The van der Waals surface area contributed by atoms with Crippen molar-refractivity contribution < 1.29 is 8.60 Å². The molecule has 3 aromatic rings. The first-order chi connectivity index (χ1) is 15.0. The fourth-order valence-electron chi connectivity index (χ4n) is 3.70. The third-order valence-corrected chi connectivity index (χ3v) is 9.41. The highest BCUT2D eigenvalue weighted by molar-refractivity contribution is 7.95. The molecule has 0 amide bonds. The number of aliphatic imine (C=N–C) groups is 1. The molecular formula is C21H23ClFN7OS. The number of hydrogen-bond donors (Lipinski definition) is 1. The van der Waals surface area contributed by atoms with Gasteiger partial charge in [-0.2, -0.15) is 0 Å². The summed E-state index contributed by atoms with van der Waals surface area (Å²) < 4.78 is 33.3. The van der Waals surface area contributed by atoms with Gasteiger partial charge in [0, 0.05) is 24.4 Å². The van der Waals surface area contributed by atoms with Crippen molar-refractivity contribution in [1.29, 1.82) is 0 Å². The van der Waals surface area contributed by atoms with Gasteiger partial charge in [-0.1, -0.05) is 16.8 Å². The third-order valence-electron chi connectivity index (χ3n) is 5.84. The summed E-state index contributed by atoms with van der Waals surface area (Å²) in [5, 5.41) is 8.80. The van der Waals surface area contributed by atoms with Gasteiger partial charge < -0.3 is 5.73 Å². The average Bonchev–Trinajstić information content (AvgIpc) is 3.23. The van der Waals surface area contributed by atoms with Crippen molar-refractivity contribution in [3.8, 4) is 17.1 Å². The molecule has 0 radical (unpaired) electrons. The van der Waals surface area contributed by atoms with Crippen LogP contribution >= 0.6 is 11.6 Å². The molecular weight excluding hydrogens is 453 g/mol. The number of halogens is 2. The van der Waals surface area contributed by atoms with E-state index in [2.05, 4.69) is 24.7 Å². The Bertz CT molecular complexity index is 1340. The van der Waals surface area contributed by atoms with Crippen LogP contribution in [0.3, 0.4) is 0 Å². The molecule has 2 atom stereocenters. The van der Waals surface area contributed by atoms with Crippen LogP contribution in [0.15, 0.2) is 52.1 Å². The van der Waals surface area contributed by atoms with Crippen molar-refractivity contribution in [1.82, 2.24) is 20.0 Å². The molecule has 4 rings (SSSR count). The predicted octanol–water partition coefficient (Wildman–Crippen LogP) is 3.58. The van der Waals surface area contributed by atoms with E-state index in [4.69, 9.17) is 17.3 Å². The lowest BCUT2D eigenvalue weighted by atomic mass is 9.91. The molecule has 0 saturated carbocycles. The van der Waals surface area contributed by atoms with Crippen LogP contribution in [0.2, 0.25) is 5.02 Å². The van der Waals surface area contributed by atoms with E-state index in [1.807, 2.05) is 0 Å². The second-order valence-corrected chi connectivity index (χ2v) is 11.7. The number of hydrogen-bond acceptors (Lipinski definition) is 7. The summed E-state index contributed by atoms with van der Waals surface area (Å²) in [4.78, 5) is 8.80. The van der Waals surface area contributed by atoms with Gasteiger partial charge in [-0.15, -0.1) is 5.10 Å². The minimum Gasteiger partial charge on any atom is -0.386 e. The quantitative estimate of drug-likeness (QED) is 0.622. The summed E-state index contributed by atoms with van der Waals surface area (Å²) in [6, 6.07) is 8.00. The largest absolute Gasteiger partial charge is 0.386 e. The molecule has 1 aliphatic rings.